The molecule has 6 aromatic rings. The van der Waals surface area contributed by atoms with Gasteiger partial charge in [0.2, 0.25) is 0 Å². The normalized spacial score (nSPS) is 9.12. The Morgan fingerprint density at radius 3 is 1.16 bits per heavy atom. The maximum Gasteiger partial charge on any atom is 2.00 e. The number of rotatable bonds is 4. The molecule has 6 rings (SSSR count). The zero-order chi connectivity index (χ0) is 35.8. The molecule has 252 valence electrons. The van der Waals surface area contributed by atoms with E-state index in [1.54, 1.807) is 79.4 Å². The first kappa shape index (κ1) is 44.2. The van der Waals surface area contributed by atoms with E-state index in [1.807, 2.05) is 68.7 Å². The van der Waals surface area contributed by atoms with E-state index < -0.39 is 0 Å². The number of nitriles is 1. The van der Waals surface area contributed by atoms with Gasteiger partial charge in [-0.3, -0.25) is 28.4 Å². The van der Waals surface area contributed by atoms with E-state index in [-0.39, 0.29) is 43.6 Å². The molecule has 15 heteroatoms. The summed E-state index contributed by atoms with van der Waals surface area (Å²) in [6.45, 7) is 10.0. The number of benzene rings is 3. The second-order valence-corrected chi connectivity index (χ2v) is 10.5. The van der Waals surface area contributed by atoms with Gasteiger partial charge in [0.15, 0.2) is 0 Å². The van der Waals surface area contributed by atoms with Gasteiger partial charge in [0.05, 0.1) is 28.7 Å². The second kappa shape index (κ2) is 22.0. The number of aryl methyl sites for hydroxylation is 3. The van der Waals surface area contributed by atoms with E-state index in [0.29, 0.717) is 12.1 Å². The van der Waals surface area contributed by atoms with Crippen molar-refractivity contribution in [2.45, 2.75) is 14.0 Å². The molecule has 0 aliphatic carbocycles. The Morgan fingerprint density at radius 1 is 0.600 bits per heavy atom. The molecular formula is C35H35BrN10O3Zn. The summed E-state index contributed by atoms with van der Waals surface area (Å²) in [5.74, 6) is 0. The third-order valence-electron chi connectivity index (χ3n) is 6.60. The predicted molar refractivity (Wildman–Crippen MR) is 190 cm³/mol. The fourth-order valence-electron chi connectivity index (χ4n) is 4.35. The van der Waals surface area contributed by atoms with E-state index >= 15 is 0 Å². The van der Waals surface area contributed by atoms with Crippen LogP contribution in [-0.2, 0) is 47.2 Å². The minimum absolute atomic E-state index is 0. The van der Waals surface area contributed by atoms with Crippen molar-refractivity contribution >= 4 is 15.9 Å². The van der Waals surface area contributed by atoms with Crippen molar-refractivity contribution in [3.05, 3.63) is 169 Å². The Hall–Kier alpha value is -5.78. The van der Waals surface area contributed by atoms with Gasteiger partial charge in [0.1, 0.15) is 0 Å². The molecule has 0 unspecified atom stereocenters. The molecule has 3 heterocycles. The average molecular weight is 789 g/mol. The van der Waals surface area contributed by atoms with Crippen molar-refractivity contribution in [1.82, 2.24) is 28.1 Å². The maximum atomic E-state index is 11.5. The molecule has 0 saturated carbocycles. The summed E-state index contributed by atoms with van der Waals surface area (Å²) < 4.78 is 10.9. The molecule has 0 spiro atoms. The van der Waals surface area contributed by atoms with Gasteiger partial charge in [0.25, 0.3) is 16.7 Å². The molecule has 0 atom stereocenters. The zero-order valence-corrected chi connectivity index (χ0v) is 31.6. The molecule has 3 aromatic heterocycles. The number of nitrogens with zero attached hydrogens (tertiary/aromatic N) is 9. The van der Waals surface area contributed by atoms with Gasteiger partial charge in [-0.2, -0.15) is 5.26 Å². The van der Waals surface area contributed by atoms with E-state index in [9.17, 15) is 14.4 Å². The molecule has 0 bridgehead atoms. The van der Waals surface area contributed by atoms with Crippen LogP contribution in [-0.4, -0.2) is 28.1 Å². The zero-order valence-electron chi connectivity index (χ0n) is 27.0. The van der Waals surface area contributed by atoms with Crippen molar-refractivity contribution < 1.29 is 19.5 Å². The standard InChI is InChI=1S/C11H13N3O.C11H9N3O.C10H9BrN2O.2CN.CH4.Zn/c2*1-13-7-6-11(15)14(13)10-4-2-9(8-12)3-5-10;1-12-7-6-10(14)13(12)9-4-2-8(11)3-5-9;2*1-2;;/h2-7H,8,12H2,1H3;2-7H,1H3;2-7H,1H3;;;1H4;/q;;;2*-1;;+2. The van der Waals surface area contributed by atoms with Gasteiger partial charge >= 0.3 is 19.5 Å². The van der Waals surface area contributed by atoms with Gasteiger partial charge < -0.3 is 29.4 Å². The van der Waals surface area contributed by atoms with Crippen molar-refractivity contribution in [2.24, 2.45) is 26.9 Å². The van der Waals surface area contributed by atoms with Crippen molar-refractivity contribution in [3.8, 4) is 23.1 Å². The largest absolute Gasteiger partial charge is 2.00 e. The molecule has 0 radical (unpaired) electrons. The minimum Gasteiger partial charge on any atom is -0.512 e. The fraction of sp³-hybridized carbons (Fsp3) is 0.143. The monoisotopic (exact) mass is 786 g/mol. The van der Waals surface area contributed by atoms with Crippen LogP contribution in [0.2, 0.25) is 0 Å². The molecule has 0 fully saturated rings. The van der Waals surface area contributed by atoms with Crippen LogP contribution in [0.5, 0.6) is 0 Å². The van der Waals surface area contributed by atoms with Crippen LogP contribution in [0.1, 0.15) is 18.6 Å². The molecule has 0 aliphatic heterocycles. The Labute approximate surface area is 311 Å². The van der Waals surface area contributed by atoms with Gasteiger partial charge in [-0.05, 0) is 66.2 Å². The molecule has 3 aromatic carbocycles. The number of hydrogen-bond acceptors (Lipinski definition) is 7. The van der Waals surface area contributed by atoms with Crippen molar-refractivity contribution in [2.75, 3.05) is 0 Å². The smallest absolute Gasteiger partial charge is 0.512 e. The van der Waals surface area contributed by atoms with E-state index in [4.69, 9.17) is 34.7 Å². The molecule has 50 heavy (non-hydrogen) atoms. The fourth-order valence-corrected chi connectivity index (χ4v) is 4.62. The van der Waals surface area contributed by atoms with Crippen molar-refractivity contribution in [1.29, 1.82) is 15.8 Å². The van der Waals surface area contributed by atoms with Gasteiger partial charge in [-0.25, -0.2) is 14.0 Å². The summed E-state index contributed by atoms with van der Waals surface area (Å²) in [5.41, 5.74) is 9.49. The summed E-state index contributed by atoms with van der Waals surface area (Å²) >= 11 is 3.35. The maximum absolute atomic E-state index is 11.5. The van der Waals surface area contributed by atoms with Crippen LogP contribution in [0.15, 0.2) is 128 Å². The molecule has 13 nitrogen and oxygen atoms in total. The van der Waals surface area contributed by atoms with Crippen LogP contribution >= 0.6 is 15.9 Å². The molecule has 0 saturated heterocycles. The third kappa shape index (κ3) is 11.4. The van der Waals surface area contributed by atoms with Gasteiger partial charge in [-0.15, -0.1) is 0 Å². The number of halogens is 1. The van der Waals surface area contributed by atoms with Gasteiger partial charge in [-0.1, -0.05) is 35.5 Å². The Balaban J connectivity index is 0.000000673. The van der Waals surface area contributed by atoms with E-state index in [2.05, 4.69) is 15.9 Å². The van der Waals surface area contributed by atoms with Crippen LogP contribution in [0, 0.1) is 35.0 Å². The summed E-state index contributed by atoms with van der Waals surface area (Å²) in [6.07, 6.45) is 5.17. The summed E-state index contributed by atoms with van der Waals surface area (Å²) in [4.78, 5) is 34.4. The minimum atomic E-state index is -0.0813. The molecule has 0 aliphatic rings. The average Bonchev–Trinajstić information content (AvgIpc) is 3.77. The number of hydrogen-bond donors (Lipinski definition) is 1. The topological polar surface area (TPSA) is 178 Å². The predicted octanol–water partition coefficient (Wildman–Crippen LogP) is 4.45. The van der Waals surface area contributed by atoms with Crippen LogP contribution in [0.25, 0.3) is 17.1 Å². The summed E-state index contributed by atoms with van der Waals surface area (Å²) in [7, 11) is 5.46. The van der Waals surface area contributed by atoms with Crippen LogP contribution in [0.4, 0.5) is 0 Å². The number of nitrogens with two attached hydrogens (primary N) is 1. The third-order valence-corrected chi connectivity index (χ3v) is 7.13. The summed E-state index contributed by atoms with van der Waals surface area (Å²) in [6, 6.07) is 28.7. The first-order valence-corrected chi connectivity index (χ1v) is 14.7. The molecule has 0 amide bonds. The Morgan fingerprint density at radius 2 is 0.900 bits per heavy atom. The quantitative estimate of drug-likeness (QED) is 0.203. The van der Waals surface area contributed by atoms with Crippen LogP contribution < -0.4 is 22.4 Å². The van der Waals surface area contributed by atoms with E-state index in [1.165, 1.54) is 16.8 Å². The first-order chi connectivity index (χ1) is 23.1. The Kier molecular flexibility index (Phi) is 19.4. The Bertz CT molecular complexity index is 2150. The SMILES string of the molecule is C.Cn1ccc(=O)n1-c1ccc(Br)cc1.Cn1ccc(=O)n1-c1ccc(C#N)cc1.Cn1ccc(=O)n1-c1ccc(CN)cc1.[C-]#N.[C-]#N.[Zn+2]. The summed E-state index contributed by atoms with van der Waals surface area (Å²) in [5, 5.41) is 21.1. The molecule has 2 N–H and O–H groups in total. The van der Waals surface area contributed by atoms with E-state index in [0.717, 1.165) is 27.1 Å². The van der Waals surface area contributed by atoms with Gasteiger partial charge in [0, 0.05) is 69.0 Å². The first-order valence-electron chi connectivity index (χ1n) is 13.9. The molecular weight excluding hydrogens is 754 g/mol. The number of aromatic nitrogens is 6. The van der Waals surface area contributed by atoms with Crippen molar-refractivity contribution in [3.63, 3.8) is 0 Å². The van der Waals surface area contributed by atoms with Crippen LogP contribution in [0.3, 0.4) is 0 Å². The second-order valence-electron chi connectivity index (χ2n) is 9.62.